The molecule has 0 radical (unpaired) electrons. The van der Waals surface area contributed by atoms with Crippen LogP contribution in [-0.4, -0.2) is 16.8 Å². The minimum atomic E-state index is -0.915. The molecule has 0 atom stereocenters. The average molecular weight is 254 g/mol. The summed E-state index contributed by atoms with van der Waals surface area (Å²) in [6, 6.07) is 4.85. The Morgan fingerprint density at radius 3 is 2.82 bits per heavy atom. The van der Waals surface area contributed by atoms with Crippen LogP contribution in [0.5, 0.6) is 0 Å². The van der Waals surface area contributed by atoms with Crippen LogP contribution in [-0.2, 0) is 11.2 Å². The Morgan fingerprint density at radius 1 is 1.47 bits per heavy atom. The summed E-state index contributed by atoms with van der Waals surface area (Å²) >= 11 is 4.07. The van der Waals surface area contributed by atoms with Gasteiger partial charge in [0.15, 0.2) is 0 Å². The molecular formula is C13H15FO2S. The first-order valence-corrected chi connectivity index (χ1v) is 6.04. The van der Waals surface area contributed by atoms with E-state index >= 15 is 0 Å². The van der Waals surface area contributed by atoms with Crippen molar-refractivity contribution in [2.24, 2.45) is 0 Å². The van der Waals surface area contributed by atoms with Gasteiger partial charge in [0.1, 0.15) is 5.82 Å². The van der Waals surface area contributed by atoms with E-state index in [4.69, 9.17) is 5.11 Å². The zero-order valence-corrected chi connectivity index (χ0v) is 10.3. The molecule has 0 aliphatic heterocycles. The van der Waals surface area contributed by atoms with E-state index < -0.39 is 5.97 Å². The fourth-order valence-corrected chi connectivity index (χ4v) is 1.55. The van der Waals surface area contributed by atoms with Crippen LogP contribution in [0.25, 0.3) is 6.08 Å². The fraction of sp³-hybridized carbons (Fsp3) is 0.308. The van der Waals surface area contributed by atoms with E-state index in [1.807, 2.05) is 12.2 Å². The maximum absolute atomic E-state index is 13.6. The molecule has 0 heterocycles. The van der Waals surface area contributed by atoms with Crippen molar-refractivity contribution in [1.29, 1.82) is 0 Å². The van der Waals surface area contributed by atoms with Crippen molar-refractivity contribution >= 4 is 24.7 Å². The quantitative estimate of drug-likeness (QED) is 0.765. The molecule has 1 aromatic rings. The highest BCUT2D eigenvalue weighted by atomic mass is 32.1. The molecule has 17 heavy (non-hydrogen) atoms. The van der Waals surface area contributed by atoms with Gasteiger partial charge >= 0.3 is 5.97 Å². The predicted octanol–water partition coefficient (Wildman–Crippen LogP) is 3.18. The van der Waals surface area contributed by atoms with Crippen LogP contribution in [0.4, 0.5) is 4.39 Å². The maximum Gasteiger partial charge on any atom is 0.303 e. The number of aryl methyl sites for hydroxylation is 1. The Balaban J connectivity index is 2.68. The predicted molar refractivity (Wildman–Crippen MR) is 69.9 cm³/mol. The second-order valence-electron chi connectivity index (χ2n) is 3.66. The number of carbonyl (C=O) groups is 1. The molecule has 0 spiro atoms. The summed E-state index contributed by atoms with van der Waals surface area (Å²) in [7, 11) is 0. The van der Waals surface area contributed by atoms with Gasteiger partial charge in [-0.25, -0.2) is 4.39 Å². The SMILES string of the molecule is O=C(O)CCc1ccc(C=CCCS)cc1F. The van der Waals surface area contributed by atoms with Crippen molar-refractivity contribution in [3.8, 4) is 0 Å². The second kappa shape index (κ2) is 7.12. The second-order valence-corrected chi connectivity index (χ2v) is 4.11. The molecule has 0 fully saturated rings. The topological polar surface area (TPSA) is 37.3 Å². The summed E-state index contributed by atoms with van der Waals surface area (Å²) < 4.78 is 13.6. The Labute approximate surface area is 106 Å². The first-order valence-electron chi connectivity index (χ1n) is 5.41. The number of carboxylic acid groups (broad SMARTS) is 1. The van der Waals surface area contributed by atoms with E-state index in [1.54, 1.807) is 12.1 Å². The molecule has 1 N–H and O–H groups in total. The van der Waals surface area contributed by atoms with Crippen molar-refractivity contribution in [3.63, 3.8) is 0 Å². The van der Waals surface area contributed by atoms with Crippen molar-refractivity contribution in [2.75, 3.05) is 5.75 Å². The summed E-state index contributed by atoms with van der Waals surface area (Å²) in [6.07, 6.45) is 4.78. The number of hydrogen-bond donors (Lipinski definition) is 2. The zero-order valence-electron chi connectivity index (χ0n) is 9.40. The molecule has 0 saturated carbocycles. The van der Waals surface area contributed by atoms with Gasteiger partial charge in [-0.05, 0) is 35.8 Å². The van der Waals surface area contributed by atoms with Crippen LogP contribution in [0.1, 0.15) is 24.0 Å². The van der Waals surface area contributed by atoms with Gasteiger partial charge in [0, 0.05) is 6.42 Å². The van der Waals surface area contributed by atoms with Gasteiger partial charge in [0.2, 0.25) is 0 Å². The van der Waals surface area contributed by atoms with Crippen molar-refractivity contribution in [1.82, 2.24) is 0 Å². The average Bonchev–Trinajstić information content (AvgIpc) is 2.28. The highest BCUT2D eigenvalue weighted by Crippen LogP contribution is 2.14. The van der Waals surface area contributed by atoms with Gasteiger partial charge in [-0.3, -0.25) is 4.79 Å². The number of hydrogen-bond acceptors (Lipinski definition) is 2. The van der Waals surface area contributed by atoms with Crippen LogP contribution in [0.15, 0.2) is 24.3 Å². The molecule has 0 aliphatic rings. The van der Waals surface area contributed by atoms with Gasteiger partial charge in [-0.15, -0.1) is 0 Å². The number of rotatable bonds is 6. The van der Waals surface area contributed by atoms with E-state index in [0.29, 0.717) is 5.56 Å². The summed E-state index contributed by atoms with van der Waals surface area (Å²) in [6.45, 7) is 0. The largest absolute Gasteiger partial charge is 0.481 e. The Bertz CT molecular complexity index is 416. The molecule has 92 valence electrons. The van der Waals surface area contributed by atoms with E-state index in [0.717, 1.165) is 17.7 Å². The normalized spacial score (nSPS) is 10.9. The summed E-state index contributed by atoms with van der Waals surface area (Å²) in [5.74, 6) is -0.503. The lowest BCUT2D eigenvalue weighted by molar-refractivity contribution is -0.136. The first kappa shape index (κ1) is 13.8. The zero-order chi connectivity index (χ0) is 12.7. The minimum Gasteiger partial charge on any atom is -0.481 e. The van der Waals surface area contributed by atoms with Gasteiger partial charge in [-0.1, -0.05) is 24.3 Å². The molecule has 4 heteroatoms. The lowest BCUT2D eigenvalue weighted by atomic mass is 10.1. The van der Waals surface area contributed by atoms with Crippen LogP contribution < -0.4 is 0 Å². The molecule has 0 bridgehead atoms. The molecular weight excluding hydrogens is 239 g/mol. The maximum atomic E-state index is 13.6. The lowest BCUT2D eigenvalue weighted by Gasteiger charge is -2.02. The van der Waals surface area contributed by atoms with Gasteiger partial charge < -0.3 is 5.11 Å². The number of benzene rings is 1. The highest BCUT2D eigenvalue weighted by molar-refractivity contribution is 7.80. The number of allylic oxidation sites excluding steroid dienone is 1. The van der Waals surface area contributed by atoms with Crippen LogP contribution in [0.2, 0.25) is 0 Å². The van der Waals surface area contributed by atoms with Crippen molar-refractivity contribution < 1.29 is 14.3 Å². The third-order valence-electron chi connectivity index (χ3n) is 2.29. The van der Waals surface area contributed by atoms with Gasteiger partial charge in [0.25, 0.3) is 0 Å². The third-order valence-corrected chi connectivity index (χ3v) is 2.55. The molecule has 0 aromatic heterocycles. The van der Waals surface area contributed by atoms with Gasteiger partial charge in [0.05, 0.1) is 0 Å². The summed E-state index contributed by atoms with van der Waals surface area (Å²) in [5, 5.41) is 8.52. The third kappa shape index (κ3) is 5.04. The monoisotopic (exact) mass is 254 g/mol. The van der Waals surface area contributed by atoms with E-state index in [9.17, 15) is 9.18 Å². The highest BCUT2D eigenvalue weighted by Gasteiger charge is 2.05. The molecule has 0 saturated heterocycles. The summed E-state index contributed by atoms with van der Waals surface area (Å²) in [5.41, 5.74) is 1.22. The Kier molecular flexibility index (Phi) is 5.77. The fourth-order valence-electron chi connectivity index (χ4n) is 1.41. The first-order chi connectivity index (χ1) is 8.13. The van der Waals surface area contributed by atoms with E-state index in [-0.39, 0.29) is 18.7 Å². The summed E-state index contributed by atoms with van der Waals surface area (Å²) in [4.78, 5) is 10.4. The van der Waals surface area contributed by atoms with E-state index in [2.05, 4.69) is 12.6 Å². The molecule has 0 unspecified atom stereocenters. The van der Waals surface area contributed by atoms with Gasteiger partial charge in [-0.2, -0.15) is 12.6 Å². The molecule has 0 amide bonds. The molecule has 1 rings (SSSR count). The Hall–Kier alpha value is -1.29. The van der Waals surface area contributed by atoms with Crippen LogP contribution >= 0.6 is 12.6 Å². The van der Waals surface area contributed by atoms with Crippen molar-refractivity contribution in [2.45, 2.75) is 19.3 Å². The molecule has 1 aromatic carbocycles. The molecule has 0 aliphatic carbocycles. The number of halogens is 1. The van der Waals surface area contributed by atoms with E-state index in [1.165, 1.54) is 6.07 Å². The van der Waals surface area contributed by atoms with Crippen LogP contribution in [0, 0.1) is 5.82 Å². The minimum absolute atomic E-state index is 0.0498. The standard InChI is InChI=1S/C13H15FO2S/c14-12-9-10(3-1-2-8-17)4-5-11(12)6-7-13(15)16/h1,3-5,9,17H,2,6-8H2,(H,15,16). The lowest BCUT2D eigenvalue weighted by Crippen LogP contribution is -1.99. The van der Waals surface area contributed by atoms with Crippen LogP contribution in [0.3, 0.4) is 0 Å². The number of aliphatic carboxylic acids is 1. The number of carboxylic acids is 1. The number of thiol groups is 1. The molecule has 2 nitrogen and oxygen atoms in total. The van der Waals surface area contributed by atoms with Crippen molar-refractivity contribution in [3.05, 3.63) is 41.2 Å². The Morgan fingerprint density at radius 2 is 2.24 bits per heavy atom. The smallest absolute Gasteiger partial charge is 0.303 e.